The van der Waals surface area contributed by atoms with Gasteiger partial charge in [0.2, 0.25) is 0 Å². The summed E-state index contributed by atoms with van der Waals surface area (Å²) in [6.45, 7) is -0.475. The quantitative estimate of drug-likeness (QED) is 0.906. The average Bonchev–Trinajstić information content (AvgIpc) is 2.94. The highest BCUT2D eigenvalue weighted by atomic mass is 19.1. The molecule has 0 saturated carbocycles. The minimum atomic E-state index is -0.649. The second-order valence-corrected chi connectivity index (χ2v) is 4.41. The number of hydrogen-bond donors (Lipinski definition) is 1. The molecule has 0 spiro atoms. The molecular formula is C14H16FN3O2. The summed E-state index contributed by atoms with van der Waals surface area (Å²) in [5.41, 5.74) is 6.96. The van der Waals surface area contributed by atoms with E-state index in [4.69, 9.17) is 10.5 Å². The SMILES string of the molecule is NC(CF)Cc1cncn1C(=O)OCc1ccccc1. The van der Waals surface area contributed by atoms with Gasteiger partial charge in [-0.1, -0.05) is 30.3 Å². The van der Waals surface area contributed by atoms with Crippen molar-refractivity contribution in [2.45, 2.75) is 19.1 Å². The molecule has 6 heteroatoms. The lowest BCUT2D eigenvalue weighted by Gasteiger charge is -2.10. The van der Waals surface area contributed by atoms with Gasteiger partial charge in [0.15, 0.2) is 0 Å². The number of ether oxygens (including phenoxy) is 1. The maximum Gasteiger partial charge on any atom is 0.419 e. The third-order valence-electron chi connectivity index (χ3n) is 2.79. The maximum atomic E-state index is 12.4. The number of carbonyl (C=O) groups is 1. The second-order valence-electron chi connectivity index (χ2n) is 4.41. The molecule has 20 heavy (non-hydrogen) atoms. The Labute approximate surface area is 116 Å². The first-order valence-electron chi connectivity index (χ1n) is 6.24. The molecule has 1 aromatic heterocycles. The van der Waals surface area contributed by atoms with E-state index < -0.39 is 18.8 Å². The number of benzene rings is 1. The Morgan fingerprint density at radius 1 is 1.40 bits per heavy atom. The van der Waals surface area contributed by atoms with Crippen molar-refractivity contribution < 1.29 is 13.9 Å². The zero-order chi connectivity index (χ0) is 14.4. The van der Waals surface area contributed by atoms with Crippen LogP contribution in [0.25, 0.3) is 0 Å². The van der Waals surface area contributed by atoms with Crippen molar-refractivity contribution in [2.75, 3.05) is 6.67 Å². The van der Waals surface area contributed by atoms with Crippen molar-refractivity contribution in [1.82, 2.24) is 9.55 Å². The lowest BCUT2D eigenvalue weighted by Crippen LogP contribution is -2.27. The average molecular weight is 277 g/mol. The van der Waals surface area contributed by atoms with Crippen molar-refractivity contribution in [3.63, 3.8) is 0 Å². The van der Waals surface area contributed by atoms with E-state index in [0.717, 1.165) is 5.56 Å². The van der Waals surface area contributed by atoms with Gasteiger partial charge in [-0.05, 0) is 5.56 Å². The summed E-state index contributed by atoms with van der Waals surface area (Å²) in [7, 11) is 0. The highest BCUT2D eigenvalue weighted by molar-refractivity contribution is 5.71. The number of nitrogens with zero attached hydrogens (tertiary/aromatic N) is 2. The molecule has 2 rings (SSSR count). The molecule has 0 aliphatic rings. The summed E-state index contributed by atoms with van der Waals surface area (Å²) in [6.07, 6.45) is 2.51. The van der Waals surface area contributed by atoms with Gasteiger partial charge in [0.1, 0.15) is 19.6 Å². The number of imidazole rings is 1. The molecule has 106 valence electrons. The summed E-state index contributed by atoms with van der Waals surface area (Å²) >= 11 is 0. The van der Waals surface area contributed by atoms with Crippen LogP contribution in [0.2, 0.25) is 0 Å². The Morgan fingerprint density at radius 3 is 2.85 bits per heavy atom. The van der Waals surface area contributed by atoms with Crippen molar-refractivity contribution >= 4 is 6.09 Å². The van der Waals surface area contributed by atoms with Crippen LogP contribution in [0.5, 0.6) is 0 Å². The second kappa shape index (κ2) is 6.81. The van der Waals surface area contributed by atoms with Crippen LogP contribution < -0.4 is 5.73 Å². The summed E-state index contributed by atoms with van der Waals surface area (Å²) in [4.78, 5) is 15.8. The number of rotatable bonds is 5. The molecule has 5 nitrogen and oxygen atoms in total. The highest BCUT2D eigenvalue weighted by Gasteiger charge is 2.14. The molecule has 1 aromatic carbocycles. The Kier molecular flexibility index (Phi) is 4.84. The van der Waals surface area contributed by atoms with Crippen LogP contribution in [-0.4, -0.2) is 28.4 Å². The first-order chi connectivity index (χ1) is 9.70. The van der Waals surface area contributed by atoms with Gasteiger partial charge in [0.25, 0.3) is 0 Å². The fraction of sp³-hybridized carbons (Fsp3) is 0.286. The van der Waals surface area contributed by atoms with Crippen molar-refractivity contribution in [3.05, 3.63) is 54.1 Å². The van der Waals surface area contributed by atoms with Crippen LogP contribution >= 0.6 is 0 Å². The molecule has 1 unspecified atom stereocenters. The first-order valence-corrected chi connectivity index (χ1v) is 6.24. The Balaban J connectivity index is 1.97. The predicted molar refractivity (Wildman–Crippen MR) is 71.9 cm³/mol. The zero-order valence-corrected chi connectivity index (χ0v) is 10.9. The summed E-state index contributed by atoms with van der Waals surface area (Å²) in [5.74, 6) is 0. The van der Waals surface area contributed by atoms with E-state index in [1.54, 1.807) is 0 Å². The molecule has 2 aromatic rings. The molecule has 0 bridgehead atoms. The molecule has 0 radical (unpaired) electrons. The van der Waals surface area contributed by atoms with E-state index in [0.29, 0.717) is 5.69 Å². The van der Waals surface area contributed by atoms with Crippen molar-refractivity contribution in [2.24, 2.45) is 5.73 Å². The topological polar surface area (TPSA) is 70.1 Å². The van der Waals surface area contributed by atoms with Gasteiger partial charge in [-0.15, -0.1) is 0 Å². The molecule has 1 heterocycles. The van der Waals surface area contributed by atoms with Gasteiger partial charge in [0, 0.05) is 18.7 Å². The minimum Gasteiger partial charge on any atom is -0.444 e. The van der Waals surface area contributed by atoms with Crippen LogP contribution in [0.15, 0.2) is 42.9 Å². The van der Waals surface area contributed by atoms with Crippen molar-refractivity contribution in [1.29, 1.82) is 0 Å². The molecule has 0 aliphatic carbocycles. The Hall–Kier alpha value is -2.21. The van der Waals surface area contributed by atoms with Gasteiger partial charge in [-0.2, -0.15) is 0 Å². The van der Waals surface area contributed by atoms with Gasteiger partial charge < -0.3 is 10.5 Å². The van der Waals surface area contributed by atoms with E-state index in [9.17, 15) is 9.18 Å². The molecule has 0 fully saturated rings. The van der Waals surface area contributed by atoms with Gasteiger partial charge in [0.05, 0.1) is 5.69 Å². The first kappa shape index (κ1) is 14.2. The maximum absolute atomic E-state index is 12.4. The van der Waals surface area contributed by atoms with E-state index in [-0.39, 0.29) is 13.0 Å². The largest absolute Gasteiger partial charge is 0.444 e. The van der Waals surface area contributed by atoms with Gasteiger partial charge in [-0.25, -0.2) is 18.7 Å². The third-order valence-corrected chi connectivity index (χ3v) is 2.79. The Bertz CT molecular complexity index is 557. The summed E-state index contributed by atoms with van der Waals surface area (Å²) in [5, 5.41) is 0. The number of nitrogens with two attached hydrogens (primary N) is 1. The summed E-state index contributed by atoms with van der Waals surface area (Å²) < 4.78 is 18.8. The molecule has 1 atom stereocenters. The third kappa shape index (κ3) is 3.64. The molecule has 0 saturated heterocycles. The Morgan fingerprint density at radius 2 is 2.15 bits per heavy atom. The predicted octanol–water partition coefficient (Wildman–Crippen LogP) is 1.91. The highest BCUT2D eigenvalue weighted by Crippen LogP contribution is 2.07. The van der Waals surface area contributed by atoms with E-state index in [2.05, 4.69) is 4.98 Å². The van der Waals surface area contributed by atoms with Crippen LogP contribution in [0, 0.1) is 0 Å². The lowest BCUT2D eigenvalue weighted by molar-refractivity contribution is 0.140. The van der Waals surface area contributed by atoms with Crippen LogP contribution in [0.3, 0.4) is 0 Å². The normalized spacial score (nSPS) is 12.1. The van der Waals surface area contributed by atoms with Crippen LogP contribution in [-0.2, 0) is 17.8 Å². The minimum absolute atomic E-state index is 0.173. The molecule has 0 aliphatic heterocycles. The number of alkyl halides is 1. The van der Waals surface area contributed by atoms with Crippen molar-refractivity contribution in [3.8, 4) is 0 Å². The standard InChI is InChI=1S/C14H16FN3O2/c15-7-12(16)6-13-8-17-10-18(13)14(19)20-9-11-4-2-1-3-5-11/h1-5,8,10,12H,6-7,9,16H2. The number of hydrogen-bond acceptors (Lipinski definition) is 4. The van der Waals surface area contributed by atoms with E-state index in [1.807, 2.05) is 30.3 Å². The summed E-state index contributed by atoms with van der Waals surface area (Å²) in [6, 6.07) is 8.70. The van der Waals surface area contributed by atoms with Crippen LogP contribution in [0.1, 0.15) is 11.3 Å². The lowest BCUT2D eigenvalue weighted by atomic mass is 10.2. The zero-order valence-electron chi connectivity index (χ0n) is 10.9. The number of carbonyl (C=O) groups excluding carboxylic acids is 1. The van der Waals surface area contributed by atoms with Crippen LogP contribution in [0.4, 0.5) is 9.18 Å². The van der Waals surface area contributed by atoms with Gasteiger partial charge >= 0.3 is 6.09 Å². The van der Waals surface area contributed by atoms with E-state index >= 15 is 0 Å². The van der Waals surface area contributed by atoms with Gasteiger partial charge in [-0.3, -0.25) is 0 Å². The number of halogens is 1. The monoisotopic (exact) mass is 277 g/mol. The molecule has 0 amide bonds. The molecular weight excluding hydrogens is 261 g/mol. The van der Waals surface area contributed by atoms with E-state index in [1.165, 1.54) is 17.1 Å². The fourth-order valence-corrected chi connectivity index (χ4v) is 1.75. The number of aromatic nitrogens is 2. The smallest absolute Gasteiger partial charge is 0.419 e. The molecule has 2 N–H and O–H groups in total. The fourth-order valence-electron chi connectivity index (χ4n) is 1.75.